The highest BCUT2D eigenvalue weighted by Crippen LogP contribution is 2.21. The first kappa shape index (κ1) is 14.3. The van der Waals surface area contributed by atoms with E-state index in [4.69, 9.17) is 9.47 Å². The molecule has 2 fully saturated rings. The van der Waals surface area contributed by atoms with E-state index in [2.05, 4.69) is 12.2 Å². The molecule has 18 heavy (non-hydrogen) atoms. The van der Waals surface area contributed by atoms with E-state index in [9.17, 15) is 0 Å². The Kier molecular flexibility index (Phi) is 6.46. The number of nitrogens with one attached hydrogen (secondary N) is 1. The molecule has 2 aliphatic heterocycles. The lowest BCUT2D eigenvalue weighted by Crippen LogP contribution is -2.41. The van der Waals surface area contributed by atoms with Crippen LogP contribution < -0.4 is 5.32 Å². The topological polar surface area (TPSA) is 30.5 Å². The molecule has 0 bridgehead atoms. The van der Waals surface area contributed by atoms with Crippen LogP contribution in [-0.4, -0.2) is 38.5 Å². The average molecular weight is 255 g/mol. The summed E-state index contributed by atoms with van der Waals surface area (Å²) in [6.07, 6.45) is 9.40. The van der Waals surface area contributed by atoms with Crippen LogP contribution in [0.1, 0.15) is 51.9 Å². The van der Waals surface area contributed by atoms with Gasteiger partial charge in [-0.2, -0.15) is 0 Å². The second-order valence-electron chi connectivity index (χ2n) is 5.93. The fourth-order valence-corrected chi connectivity index (χ4v) is 2.94. The van der Waals surface area contributed by atoms with Crippen molar-refractivity contribution in [1.82, 2.24) is 5.32 Å². The Morgan fingerprint density at radius 2 is 1.94 bits per heavy atom. The Morgan fingerprint density at radius 3 is 2.67 bits per heavy atom. The summed E-state index contributed by atoms with van der Waals surface area (Å²) in [5, 5.41) is 3.49. The van der Waals surface area contributed by atoms with Crippen molar-refractivity contribution in [3.05, 3.63) is 0 Å². The van der Waals surface area contributed by atoms with Crippen LogP contribution in [0.3, 0.4) is 0 Å². The van der Waals surface area contributed by atoms with Crippen LogP contribution in [-0.2, 0) is 9.47 Å². The van der Waals surface area contributed by atoms with Crippen molar-refractivity contribution >= 4 is 0 Å². The largest absolute Gasteiger partial charge is 0.381 e. The van der Waals surface area contributed by atoms with Crippen molar-refractivity contribution < 1.29 is 9.47 Å². The summed E-state index contributed by atoms with van der Waals surface area (Å²) in [5.74, 6) is 0.913. The lowest BCUT2D eigenvalue weighted by molar-refractivity contribution is 0.0265. The maximum atomic E-state index is 5.93. The zero-order chi connectivity index (χ0) is 12.6. The predicted molar refractivity (Wildman–Crippen MR) is 73.8 cm³/mol. The highest BCUT2D eigenvalue weighted by atomic mass is 16.5. The molecule has 0 saturated carbocycles. The van der Waals surface area contributed by atoms with Gasteiger partial charge in [0, 0.05) is 32.4 Å². The Hall–Kier alpha value is -0.120. The third kappa shape index (κ3) is 5.25. The first-order valence-corrected chi connectivity index (χ1v) is 7.77. The van der Waals surface area contributed by atoms with Gasteiger partial charge >= 0.3 is 0 Å². The average Bonchev–Trinajstić information content (AvgIpc) is 2.42. The Balaban J connectivity index is 1.43. The highest BCUT2D eigenvalue weighted by Gasteiger charge is 2.17. The second kappa shape index (κ2) is 8.13. The lowest BCUT2D eigenvalue weighted by atomic mass is 9.94. The fraction of sp³-hybridized carbons (Fsp3) is 1.00. The molecule has 2 rings (SSSR count). The summed E-state index contributed by atoms with van der Waals surface area (Å²) in [6.45, 7) is 6.20. The SMILES string of the molecule is CC1CCC(OCCCCC2CCOCC2)CN1. The van der Waals surface area contributed by atoms with Gasteiger partial charge in [0.15, 0.2) is 0 Å². The Bertz CT molecular complexity index is 209. The van der Waals surface area contributed by atoms with Crippen molar-refractivity contribution in [2.24, 2.45) is 5.92 Å². The normalized spacial score (nSPS) is 30.5. The molecule has 1 N–H and O–H groups in total. The summed E-state index contributed by atoms with van der Waals surface area (Å²) in [7, 11) is 0. The van der Waals surface area contributed by atoms with Gasteiger partial charge in [-0.3, -0.25) is 0 Å². The van der Waals surface area contributed by atoms with E-state index in [1.54, 1.807) is 0 Å². The van der Waals surface area contributed by atoms with Gasteiger partial charge in [-0.05, 0) is 44.9 Å². The number of hydrogen-bond donors (Lipinski definition) is 1. The minimum atomic E-state index is 0.462. The van der Waals surface area contributed by atoms with Gasteiger partial charge in [0.1, 0.15) is 0 Å². The van der Waals surface area contributed by atoms with Crippen LogP contribution in [0, 0.1) is 5.92 Å². The molecule has 0 radical (unpaired) electrons. The standard InChI is InChI=1S/C15H29NO2/c1-13-5-6-15(12-16-13)18-9-3-2-4-14-7-10-17-11-8-14/h13-16H,2-12H2,1H3. The molecule has 0 amide bonds. The molecule has 3 heteroatoms. The summed E-state index contributed by atoms with van der Waals surface area (Å²) in [4.78, 5) is 0. The van der Waals surface area contributed by atoms with Crippen LogP contribution >= 0.6 is 0 Å². The highest BCUT2D eigenvalue weighted by molar-refractivity contribution is 4.74. The van der Waals surface area contributed by atoms with Gasteiger partial charge in [0.25, 0.3) is 0 Å². The van der Waals surface area contributed by atoms with E-state index in [0.717, 1.165) is 32.3 Å². The number of unbranched alkanes of at least 4 members (excludes halogenated alkanes) is 1. The van der Waals surface area contributed by atoms with Crippen molar-refractivity contribution in [2.75, 3.05) is 26.4 Å². The molecule has 2 atom stereocenters. The Morgan fingerprint density at radius 1 is 1.11 bits per heavy atom. The number of rotatable bonds is 6. The number of ether oxygens (including phenoxy) is 2. The molecule has 106 valence electrons. The van der Waals surface area contributed by atoms with Crippen molar-refractivity contribution in [3.8, 4) is 0 Å². The zero-order valence-electron chi connectivity index (χ0n) is 11.8. The van der Waals surface area contributed by atoms with E-state index in [0.29, 0.717) is 12.1 Å². The van der Waals surface area contributed by atoms with Crippen molar-refractivity contribution in [1.29, 1.82) is 0 Å². The summed E-state index contributed by atoms with van der Waals surface area (Å²) in [6, 6.07) is 0.679. The van der Waals surface area contributed by atoms with E-state index in [1.807, 2.05) is 0 Å². The van der Waals surface area contributed by atoms with E-state index in [-0.39, 0.29) is 0 Å². The van der Waals surface area contributed by atoms with Crippen molar-refractivity contribution in [3.63, 3.8) is 0 Å². The quantitative estimate of drug-likeness (QED) is 0.740. The van der Waals surface area contributed by atoms with Crippen LogP contribution in [0.15, 0.2) is 0 Å². The minimum Gasteiger partial charge on any atom is -0.381 e. The van der Waals surface area contributed by atoms with E-state index < -0.39 is 0 Å². The molecule has 2 aliphatic rings. The molecule has 0 aliphatic carbocycles. The molecule has 2 saturated heterocycles. The number of piperidine rings is 1. The molecule has 2 unspecified atom stereocenters. The van der Waals surface area contributed by atoms with Gasteiger partial charge in [-0.25, -0.2) is 0 Å². The lowest BCUT2D eigenvalue weighted by Gasteiger charge is -2.27. The summed E-state index contributed by atoms with van der Waals surface area (Å²) < 4.78 is 11.3. The molecular formula is C15H29NO2. The Labute approximate surface area is 112 Å². The summed E-state index contributed by atoms with van der Waals surface area (Å²) >= 11 is 0. The van der Waals surface area contributed by atoms with Crippen LogP contribution in [0.4, 0.5) is 0 Å². The molecule has 0 aromatic carbocycles. The van der Waals surface area contributed by atoms with Crippen LogP contribution in [0.2, 0.25) is 0 Å². The minimum absolute atomic E-state index is 0.462. The molecular weight excluding hydrogens is 226 g/mol. The van der Waals surface area contributed by atoms with Gasteiger partial charge in [0.05, 0.1) is 6.10 Å². The van der Waals surface area contributed by atoms with E-state index >= 15 is 0 Å². The number of hydrogen-bond acceptors (Lipinski definition) is 3. The maximum Gasteiger partial charge on any atom is 0.0700 e. The molecule has 0 spiro atoms. The third-order valence-electron chi connectivity index (χ3n) is 4.32. The first-order valence-electron chi connectivity index (χ1n) is 7.77. The van der Waals surface area contributed by atoms with E-state index in [1.165, 1.54) is 44.9 Å². The molecule has 0 aromatic rings. The summed E-state index contributed by atoms with van der Waals surface area (Å²) in [5.41, 5.74) is 0. The maximum absolute atomic E-state index is 5.93. The predicted octanol–water partition coefficient (Wildman–Crippen LogP) is 2.74. The van der Waals surface area contributed by atoms with Gasteiger partial charge in [-0.1, -0.05) is 12.8 Å². The second-order valence-corrected chi connectivity index (χ2v) is 5.93. The van der Waals surface area contributed by atoms with Gasteiger partial charge in [0.2, 0.25) is 0 Å². The smallest absolute Gasteiger partial charge is 0.0700 e. The molecule has 3 nitrogen and oxygen atoms in total. The van der Waals surface area contributed by atoms with Crippen LogP contribution in [0.25, 0.3) is 0 Å². The van der Waals surface area contributed by atoms with Gasteiger partial charge < -0.3 is 14.8 Å². The fourth-order valence-electron chi connectivity index (χ4n) is 2.94. The van der Waals surface area contributed by atoms with Crippen LogP contribution in [0.5, 0.6) is 0 Å². The van der Waals surface area contributed by atoms with Gasteiger partial charge in [-0.15, -0.1) is 0 Å². The molecule has 0 aromatic heterocycles. The monoisotopic (exact) mass is 255 g/mol. The first-order chi connectivity index (χ1) is 8.84. The molecule has 2 heterocycles. The zero-order valence-corrected chi connectivity index (χ0v) is 11.8. The van der Waals surface area contributed by atoms with Crippen molar-refractivity contribution in [2.45, 2.75) is 64.0 Å². The third-order valence-corrected chi connectivity index (χ3v) is 4.32.